The average molecular weight is 1210 g/mol. The van der Waals surface area contributed by atoms with Crippen molar-refractivity contribution in [3.63, 3.8) is 0 Å². The first-order valence-electron chi connectivity index (χ1n) is 25.5. The van der Waals surface area contributed by atoms with Crippen LogP contribution in [0, 0.1) is 22.7 Å². The number of pyridine rings is 2. The fourth-order valence-electron chi connectivity index (χ4n) is 8.68. The van der Waals surface area contributed by atoms with Crippen molar-refractivity contribution in [2.45, 2.75) is 4.34 Å². The van der Waals surface area contributed by atoms with Crippen molar-refractivity contribution >= 4 is 118 Å². The summed E-state index contributed by atoms with van der Waals surface area (Å²) in [4.78, 5) is 22.3. The third-order valence-electron chi connectivity index (χ3n) is 12.9. The molecule has 0 atom stereocenters. The number of fused-ring (bicyclic) bond motifs is 4. The third-order valence-corrected chi connectivity index (χ3v) is 16.5. The third kappa shape index (κ3) is 13.6. The molecule has 2 saturated heterocycles. The predicted octanol–water partition coefficient (Wildman–Crippen LogP) is 10.6. The molecule has 12 rings (SSSR count). The number of nitrogens with one attached hydrogen (secondary N) is 3. The highest BCUT2D eigenvalue weighted by Gasteiger charge is 2.26. The average Bonchev–Trinajstić information content (AvgIpc) is 4.17. The summed E-state index contributed by atoms with van der Waals surface area (Å²) >= 11 is 17.2. The van der Waals surface area contributed by atoms with Gasteiger partial charge in [0, 0.05) is 75.2 Å². The molecule has 0 saturated carbocycles. The van der Waals surface area contributed by atoms with Gasteiger partial charge in [0.2, 0.25) is 13.6 Å². The molecular weight excluding hydrogens is 1160 g/mol. The summed E-state index contributed by atoms with van der Waals surface area (Å²) in [6.07, 6.45) is 4.93. The second-order valence-electron chi connectivity index (χ2n) is 17.9. The van der Waals surface area contributed by atoms with E-state index >= 15 is 0 Å². The summed E-state index contributed by atoms with van der Waals surface area (Å²) in [7, 11) is 3.22. The summed E-state index contributed by atoms with van der Waals surface area (Å²) in [6.45, 7) is 10.1. The minimum absolute atomic E-state index is 0.0943. The van der Waals surface area contributed by atoms with Gasteiger partial charge in [-0.05, 0) is 54.8 Å². The van der Waals surface area contributed by atoms with Crippen LogP contribution < -0.4 is 59.6 Å². The maximum absolute atomic E-state index is 9.80. The highest BCUT2D eigenvalue weighted by Crippen LogP contribution is 2.48. The lowest BCUT2D eigenvalue weighted by Gasteiger charge is -2.26. The minimum atomic E-state index is 0.0943. The summed E-state index contributed by atoms with van der Waals surface area (Å²) in [5.74, 6) is 4.89. The molecule has 8 aromatic rings. The van der Waals surface area contributed by atoms with E-state index in [1.165, 1.54) is 46.8 Å². The zero-order valence-electron chi connectivity index (χ0n) is 44.5. The number of nitrogen functional groups attached to an aromatic ring is 1. The zero-order valence-corrected chi connectivity index (χ0v) is 48.5. The SMILES string of the molecule is COc1cc(N)ccc1OCCN1CCOCC1.COc1cc(Nc2nc3ncc(C#N)c(Nc4c(Cl)ccc5c4OCO5)c3s2)ccc1OCCN1CCOCC1.CSc1nc2ncc(C#N)c(Nc3c(Cl)ccc4c3OCO4)c2s1. The van der Waals surface area contributed by atoms with Crippen LogP contribution >= 0.6 is 57.6 Å². The molecule has 0 radical (unpaired) electrons. The van der Waals surface area contributed by atoms with Crippen LogP contribution in [0.1, 0.15) is 11.1 Å². The van der Waals surface area contributed by atoms with Gasteiger partial charge in [0.05, 0.1) is 77.9 Å². The van der Waals surface area contributed by atoms with Gasteiger partial charge in [-0.2, -0.15) is 15.5 Å². The number of thiazole rings is 2. The number of rotatable bonds is 17. The van der Waals surface area contributed by atoms with E-state index in [2.05, 4.69) is 57.8 Å². The molecule has 5 N–H and O–H groups in total. The molecule has 4 aliphatic heterocycles. The van der Waals surface area contributed by atoms with Crippen LogP contribution in [0.3, 0.4) is 0 Å². The summed E-state index contributed by atoms with van der Waals surface area (Å²) in [5.41, 5.74) is 11.2. The van der Waals surface area contributed by atoms with Gasteiger partial charge < -0.3 is 69.1 Å². The first-order valence-corrected chi connectivity index (χ1v) is 29.1. The van der Waals surface area contributed by atoms with Crippen LogP contribution in [0.2, 0.25) is 10.0 Å². The van der Waals surface area contributed by atoms with E-state index in [1.54, 1.807) is 44.6 Å². The number of methoxy groups -OCH3 is 2. The van der Waals surface area contributed by atoms with Gasteiger partial charge in [-0.3, -0.25) is 9.80 Å². The molecule has 8 heterocycles. The lowest BCUT2D eigenvalue weighted by atomic mass is 10.2. The number of hydrogen-bond acceptors (Lipinski definition) is 25. The molecule has 82 heavy (non-hydrogen) atoms. The first kappa shape index (κ1) is 57.5. The van der Waals surface area contributed by atoms with Crippen molar-refractivity contribution in [2.75, 3.05) is 135 Å². The van der Waals surface area contributed by atoms with Crippen molar-refractivity contribution in [2.24, 2.45) is 0 Å². The van der Waals surface area contributed by atoms with Gasteiger partial charge in [0.25, 0.3) is 0 Å². The first-order chi connectivity index (χ1) is 40.1. The molecule has 0 amide bonds. The van der Waals surface area contributed by atoms with Crippen molar-refractivity contribution in [1.29, 1.82) is 10.5 Å². The molecule has 0 spiro atoms. The fourth-order valence-corrected chi connectivity index (χ4v) is 11.5. The Hall–Kier alpha value is -7.69. The number of aromatic nitrogens is 4. The molecule has 4 aromatic heterocycles. The van der Waals surface area contributed by atoms with Crippen LogP contribution in [-0.2, 0) is 9.47 Å². The van der Waals surface area contributed by atoms with Crippen LogP contribution in [-0.4, -0.2) is 143 Å². The molecule has 0 unspecified atom stereocenters. The van der Waals surface area contributed by atoms with Crippen molar-refractivity contribution in [1.82, 2.24) is 29.7 Å². The molecule has 0 aliphatic carbocycles. The van der Waals surface area contributed by atoms with Gasteiger partial charge in [0.1, 0.15) is 41.4 Å². The lowest BCUT2D eigenvalue weighted by molar-refractivity contribution is 0.0320. The molecule has 426 valence electrons. The van der Waals surface area contributed by atoms with Crippen LogP contribution in [0.5, 0.6) is 46.0 Å². The number of morpholine rings is 2. The van der Waals surface area contributed by atoms with Crippen molar-refractivity contribution in [3.8, 4) is 58.1 Å². The summed E-state index contributed by atoms with van der Waals surface area (Å²) < 4.78 is 57.6. The maximum Gasteiger partial charge on any atom is 0.231 e. The monoisotopic (exact) mass is 1210 g/mol. The Bertz CT molecular complexity index is 3650. The molecule has 0 bridgehead atoms. The smallest absolute Gasteiger partial charge is 0.231 e. The van der Waals surface area contributed by atoms with Crippen molar-refractivity contribution < 1.29 is 47.4 Å². The van der Waals surface area contributed by atoms with Gasteiger partial charge in [-0.15, -0.1) is 11.3 Å². The maximum atomic E-state index is 9.80. The van der Waals surface area contributed by atoms with E-state index in [0.29, 0.717) is 124 Å². The van der Waals surface area contributed by atoms with Gasteiger partial charge >= 0.3 is 0 Å². The van der Waals surface area contributed by atoms with E-state index in [0.717, 1.165) is 86.2 Å². The number of ether oxygens (including phenoxy) is 10. The van der Waals surface area contributed by atoms with Gasteiger partial charge in [-0.1, -0.05) is 46.3 Å². The van der Waals surface area contributed by atoms with Crippen LogP contribution in [0.25, 0.3) is 20.7 Å². The Morgan fingerprint density at radius 2 is 1.15 bits per heavy atom. The highest BCUT2D eigenvalue weighted by atomic mass is 35.5. The Labute approximate surface area is 493 Å². The Balaban J connectivity index is 0.000000152. The topological polar surface area (TPSA) is 260 Å². The number of nitrogens with zero attached hydrogens (tertiary/aromatic N) is 8. The second kappa shape index (κ2) is 27.4. The normalized spacial score (nSPS) is 14.4. The second-order valence-corrected chi connectivity index (χ2v) is 21.8. The zero-order chi connectivity index (χ0) is 57.0. The molecule has 22 nitrogen and oxygen atoms in total. The number of nitriles is 2. The van der Waals surface area contributed by atoms with Crippen LogP contribution in [0.4, 0.5) is 39.3 Å². The van der Waals surface area contributed by atoms with E-state index in [4.69, 9.17) is 76.3 Å². The Morgan fingerprint density at radius 1 is 0.634 bits per heavy atom. The highest BCUT2D eigenvalue weighted by molar-refractivity contribution is 8.00. The van der Waals surface area contributed by atoms with E-state index < -0.39 is 0 Å². The quantitative estimate of drug-likeness (QED) is 0.0488. The Morgan fingerprint density at radius 3 is 1.67 bits per heavy atom. The molecule has 27 heteroatoms. The van der Waals surface area contributed by atoms with Crippen molar-refractivity contribution in [3.05, 3.63) is 94.2 Å². The Kier molecular flexibility index (Phi) is 19.2. The number of nitrogens with two attached hydrogens (primary N) is 1. The molecule has 4 aliphatic rings. The molecular formula is C55H54Cl2N12O10S3. The van der Waals surface area contributed by atoms with E-state index in [1.807, 2.05) is 36.6 Å². The largest absolute Gasteiger partial charge is 0.493 e. The number of hydrogen-bond donors (Lipinski definition) is 4. The lowest BCUT2D eigenvalue weighted by Crippen LogP contribution is -2.38. The number of thioether (sulfide) groups is 1. The van der Waals surface area contributed by atoms with E-state index in [9.17, 15) is 10.5 Å². The molecule has 4 aromatic carbocycles. The van der Waals surface area contributed by atoms with Gasteiger partial charge in [-0.25, -0.2) is 15.0 Å². The summed E-state index contributed by atoms with van der Waals surface area (Å²) in [5, 5.41) is 30.6. The number of halogens is 2. The van der Waals surface area contributed by atoms with Crippen LogP contribution in [0.15, 0.2) is 77.4 Å². The van der Waals surface area contributed by atoms with E-state index in [-0.39, 0.29) is 13.6 Å². The van der Waals surface area contributed by atoms with Gasteiger partial charge in [0.15, 0.2) is 66.8 Å². The number of anilines is 7. The summed E-state index contributed by atoms with van der Waals surface area (Å²) in [6, 6.07) is 22.3. The predicted molar refractivity (Wildman–Crippen MR) is 317 cm³/mol. The minimum Gasteiger partial charge on any atom is -0.493 e. The number of benzene rings is 4. The fraction of sp³-hybridized carbons (Fsp3) is 0.309. The standard InChI is InChI=1S/C27H25ClN6O5S.C15H9ClN4O2S2.C13H20N2O3/c1-35-21-12-17(2-4-19(21)37-11-8-34-6-9-36-10-7-34)31-27-33-26-25(40-27)22(16(13-29)14-30-26)32-23-18(28)3-5-20-24(23)39-15-38-20;1-23-15-20-14-13(24-15)10(7(4-17)5-18-14)19-11-8(16)2-3-9-12(11)22-6-21-9;1-16-13-10-11(14)2-3-12(13)18-9-6-15-4-7-17-8-5-15/h2-5,12,14H,6-11,15H2,1H3,(H2,30,31,32,33);2-3,5H,6H2,1H3,(H,18,19);2-3,10H,4-9,14H2,1H3. The molecule has 2 fully saturated rings.